The minimum Gasteiger partial charge on any atom is -0.434 e. The second kappa shape index (κ2) is 6.22. The highest BCUT2D eigenvalue weighted by atomic mass is 19.3. The fraction of sp³-hybridized carbons (Fsp3) is 0.625. The Balaban J connectivity index is 2.73. The first-order chi connectivity index (χ1) is 15.7. The van der Waals surface area contributed by atoms with Crippen LogP contribution in [-0.2, 0) is 19.1 Å². The van der Waals surface area contributed by atoms with Gasteiger partial charge in [0.2, 0.25) is 11.7 Å². The lowest BCUT2D eigenvalue weighted by atomic mass is 9.39. The number of ether oxygens (including phenoxy) is 2. The molecule has 36 heavy (non-hydrogen) atoms. The summed E-state index contributed by atoms with van der Waals surface area (Å²) in [5.41, 5.74) is -31.1. The highest BCUT2D eigenvalue weighted by molar-refractivity contribution is 5.87. The van der Waals surface area contributed by atoms with Crippen LogP contribution in [0.3, 0.4) is 0 Å². The van der Waals surface area contributed by atoms with Crippen LogP contribution >= 0.6 is 0 Å². The van der Waals surface area contributed by atoms with Crippen LogP contribution in [0.25, 0.3) is 0 Å². The highest BCUT2D eigenvalue weighted by Gasteiger charge is 3.24. The van der Waals surface area contributed by atoms with Crippen LogP contribution < -0.4 is 0 Å². The lowest BCUT2D eigenvalue weighted by Gasteiger charge is -2.75. The first kappa shape index (κ1) is 27.9. The fourth-order valence-electron chi connectivity index (χ4n) is 4.59. The van der Waals surface area contributed by atoms with Crippen molar-refractivity contribution in [2.75, 3.05) is 0 Å². The smallest absolute Gasteiger partial charge is 0.367 e. The number of alkyl halides is 14. The molecule has 4 saturated carbocycles. The molecule has 4 aliphatic rings. The maximum absolute atomic E-state index is 15.3. The van der Waals surface area contributed by atoms with Gasteiger partial charge in [0, 0.05) is 0 Å². The number of halogens is 16. The maximum Gasteiger partial charge on any atom is 0.367 e. The number of carbonyl (C=O) groups is 2. The van der Waals surface area contributed by atoms with Crippen LogP contribution in [0, 0.1) is 0 Å². The van der Waals surface area contributed by atoms with Crippen molar-refractivity contribution in [3.63, 3.8) is 0 Å². The molecule has 204 valence electrons. The van der Waals surface area contributed by atoms with Gasteiger partial charge in [0.05, 0.1) is 0 Å². The summed E-state index contributed by atoms with van der Waals surface area (Å²) in [5.74, 6) is -61.4. The third-order valence-corrected chi connectivity index (χ3v) is 6.18. The van der Waals surface area contributed by atoms with Gasteiger partial charge in [-0.3, -0.25) is 0 Å². The molecule has 4 bridgehead atoms. The molecule has 0 heterocycles. The summed E-state index contributed by atoms with van der Waals surface area (Å²) in [5, 5.41) is 0. The molecular formula is C16H4F16O4. The summed E-state index contributed by atoms with van der Waals surface area (Å²) in [6, 6.07) is 0. The standard InChI is InChI=1S/C16H4F16O4/c1-3(17)5(33)35-9-12(23,24)7(19)11(21,22)8(20,13(9,25)26)15(29,30)10(14(7,27)28,16(9,31)32)36-6(34)4(2)18/h1-2H2. The Bertz CT molecular complexity index is 993. The van der Waals surface area contributed by atoms with Crippen molar-refractivity contribution < 1.29 is 89.3 Å². The Morgan fingerprint density at radius 3 is 0.861 bits per heavy atom. The molecule has 4 aliphatic carbocycles. The van der Waals surface area contributed by atoms with E-state index >= 15 is 17.6 Å². The number of hydrogen-bond acceptors (Lipinski definition) is 4. The molecule has 0 aromatic heterocycles. The summed E-state index contributed by atoms with van der Waals surface area (Å²) in [6.07, 6.45) is 0. The van der Waals surface area contributed by atoms with Gasteiger partial charge in [0.1, 0.15) is 0 Å². The van der Waals surface area contributed by atoms with E-state index in [9.17, 15) is 62.3 Å². The monoisotopic (exact) mass is 564 g/mol. The fourth-order valence-corrected chi connectivity index (χ4v) is 4.59. The Labute approximate surface area is 185 Å². The Morgan fingerprint density at radius 2 is 0.667 bits per heavy atom. The average Bonchev–Trinajstić information content (AvgIpc) is 2.69. The van der Waals surface area contributed by atoms with Crippen LogP contribution in [0.5, 0.6) is 0 Å². The molecule has 20 heteroatoms. The number of hydrogen-bond donors (Lipinski definition) is 0. The van der Waals surface area contributed by atoms with Crippen molar-refractivity contribution in [2.45, 2.75) is 58.1 Å². The van der Waals surface area contributed by atoms with E-state index in [4.69, 9.17) is 0 Å². The minimum absolute atomic E-state index is 1.85. The van der Waals surface area contributed by atoms with Crippen LogP contribution in [0.1, 0.15) is 0 Å². The highest BCUT2D eigenvalue weighted by Crippen LogP contribution is 2.88. The molecular weight excluding hydrogens is 560 g/mol. The van der Waals surface area contributed by atoms with Gasteiger partial charge in [0.25, 0.3) is 0 Å². The van der Waals surface area contributed by atoms with E-state index in [1.54, 1.807) is 0 Å². The summed E-state index contributed by atoms with van der Waals surface area (Å²) in [7, 11) is 0. The predicted molar refractivity (Wildman–Crippen MR) is 75.5 cm³/mol. The normalized spacial score (nSPS) is 41.3. The van der Waals surface area contributed by atoms with Gasteiger partial charge < -0.3 is 9.47 Å². The van der Waals surface area contributed by atoms with Crippen LogP contribution in [0.4, 0.5) is 70.2 Å². The van der Waals surface area contributed by atoms with Gasteiger partial charge in [-0.25, -0.2) is 18.4 Å². The largest absolute Gasteiger partial charge is 0.434 e. The van der Waals surface area contributed by atoms with Gasteiger partial charge >= 0.3 is 70.0 Å². The second-order valence-electron chi connectivity index (χ2n) is 7.71. The summed E-state index contributed by atoms with van der Waals surface area (Å²) < 4.78 is 240. The third kappa shape index (κ3) is 1.89. The van der Waals surface area contributed by atoms with Gasteiger partial charge in [-0.1, -0.05) is 13.2 Å². The molecule has 0 aromatic carbocycles. The van der Waals surface area contributed by atoms with E-state index in [0.29, 0.717) is 0 Å². The lowest BCUT2D eigenvalue weighted by Crippen LogP contribution is -3.11. The van der Waals surface area contributed by atoms with E-state index in [-0.39, 0.29) is 0 Å². The first-order valence-corrected chi connectivity index (χ1v) is 8.46. The van der Waals surface area contributed by atoms with Gasteiger partial charge in [-0.2, -0.15) is 61.5 Å². The van der Waals surface area contributed by atoms with Gasteiger partial charge in [0.15, 0.2) is 0 Å². The summed E-state index contributed by atoms with van der Waals surface area (Å²) in [6.45, 7) is 3.70. The van der Waals surface area contributed by atoms with E-state index in [2.05, 4.69) is 9.47 Å². The maximum atomic E-state index is 15.3. The van der Waals surface area contributed by atoms with E-state index < -0.39 is 81.7 Å². The zero-order valence-electron chi connectivity index (χ0n) is 16.1. The van der Waals surface area contributed by atoms with Gasteiger partial charge in [-0.05, 0) is 0 Å². The Morgan fingerprint density at radius 1 is 0.444 bits per heavy atom. The molecule has 0 aromatic rings. The molecule has 0 amide bonds. The Kier molecular flexibility index (Phi) is 4.82. The lowest BCUT2D eigenvalue weighted by molar-refractivity contribution is -0.621. The average molecular weight is 564 g/mol. The van der Waals surface area contributed by atoms with Crippen molar-refractivity contribution in [1.29, 1.82) is 0 Å². The molecule has 0 N–H and O–H groups in total. The summed E-state index contributed by atoms with van der Waals surface area (Å²) >= 11 is 0. The molecule has 0 saturated heterocycles. The van der Waals surface area contributed by atoms with Crippen molar-refractivity contribution in [2.24, 2.45) is 0 Å². The quantitative estimate of drug-likeness (QED) is 0.280. The van der Waals surface area contributed by atoms with Crippen LogP contribution in [0.2, 0.25) is 0 Å². The Hall–Kier alpha value is -2.70. The van der Waals surface area contributed by atoms with Crippen LogP contribution in [0.15, 0.2) is 24.8 Å². The molecule has 0 aliphatic heterocycles. The molecule has 0 spiro atoms. The molecule has 0 atom stereocenters. The second-order valence-corrected chi connectivity index (χ2v) is 7.71. The number of carbonyl (C=O) groups excluding carboxylic acids is 2. The van der Waals surface area contributed by atoms with Crippen LogP contribution in [-0.4, -0.2) is 70.0 Å². The topological polar surface area (TPSA) is 52.6 Å². The van der Waals surface area contributed by atoms with E-state index in [0.717, 1.165) is 0 Å². The molecule has 4 nitrogen and oxygen atoms in total. The molecule has 4 fully saturated rings. The zero-order valence-corrected chi connectivity index (χ0v) is 16.1. The van der Waals surface area contributed by atoms with E-state index in [1.807, 2.05) is 13.2 Å². The first-order valence-electron chi connectivity index (χ1n) is 8.46. The molecule has 0 radical (unpaired) electrons. The van der Waals surface area contributed by atoms with Crippen molar-refractivity contribution in [1.82, 2.24) is 0 Å². The molecule has 0 unspecified atom stereocenters. The zero-order chi connectivity index (χ0) is 28.7. The van der Waals surface area contributed by atoms with Crippen molar-refractivity contribution in [3.05, 3.63) is 24.8 Å². The van der Waals surface area contributed by atoms with E-state index in [1.165, 1.54) is 0 Å². The number of esters is 2. The molecule has 4 rings (SSSR count). The van der Waals surface area contributed by atoms with Crippen molar-refractivity contribution >= 4 is 11.9 Å². The SMILES string of the molecule is C=C(F)C(=O)OC12C(F)(F)C3(F)C(F)(F)C(F)(C1(F)F)C(F)(F)C(OC(=O)C(=C)F)(C3(F)F)C2(F)F. The van der Waals surface area contributed by atoms with Gasteiger partial charge in [-0.15, -0.1) is 0 Å². The van der Waals surface area contributed by atoms with Crippen molar-refractivity contribution in [3.8, 4) is 0 Å². The predicted octanol–water partition coefficient (Wildman–Crippen LogP) is 4.79. The third-order valence-electron chi connectivity index (χ3n) is 6.18. The number of rotatable bonds is 4. The summed E-state index contributed by atoms with van der Waals surface area (Å²) in [4.78, 5) is 22.7. The minimum atomic E-state index is -8.10.